The number of hydrogen-bond donors (Lipinski definition) is 1. The third-order valence-corrected chi connectivity index (χ3v) is 3.62. The van der Waals surface area contributed by atoms with Gasteiger partial charge in [-0.3, -0.25) is 9.78 Å². The number of hydrogen-bond acceptors (Lipinski definition) is 3. The van der Waals surface area contributed by atoms with Gasteiger partial charge in [-0.1, -0.05) is 13.8 Å². The zero-order chi connectivity index (χ0) is 14.5. The van der Waals surface area contributed by atoms with E-state index >= 15 is 0 Å². The van der Waals surface area contributed by atoms with Crippen LogP contribution in [-0.4, -0.2) is 41.5 Å². The Labute approximate surface area is 119 Å². The number of aromatic nitrogens is 1. The molecule has 1 atom stereocenters. The summed E-state index contributed by atoms with van der Waals surface area (Å²) in [6, 6.07) is 1.90. The number of piperidine rings is 1. The number of pyridine rings is 1. The molecule has 1 aromatic rings. The van der Waals surface area contributed by atoms with Crippen LogP contribution in [0.2, 0.25) is 0 Å². The van der Waals surface area contributed by atoms with E-state index in [1.165, 1.54) is 12.3 Å². The molecule has 0 spiro atoms. The second-order valence-electron chi connectivity index (χ2n) is 5.68. The van der Waals surface area contributed by atoms with Crippen LogP contribution in [0.25, 0.3) is 0 Å². The average Bonchev–Trinajstić information content (AvgIpc) is 2.45. The van der Waals surface area contributed by atoms with Crippen molar-refractivity contribution in [3.63, 3.8) is 0 Å². The highest BCUT2D eigenvalue weighted by Gasteiger charge is 2.25. The van der Waals surface area contributed by atoms with Gasteiger partial charge in [0.1, 0.15) is 0 Å². The fourth-order valence-corrected chi connectivity index (χ4v) is 2.54. The van der Waals surface area contributed by atoms with E-state index in [2.05, 4.69) is 24.1 Å². The quantitative estimate of drug-likeness (QED) is 0.917. The van der Waals surface area contributed by atoms with E-state index in [1.54, 1.807) is 4.90 Å². The first-order valence-electron chi connectivity index (χ1n) is 7.20. The van der Waals surface area contributed by atoms with Gasteiger partial charge in [0, 0.05) is 25.3 Å². The minimum absolute atomic E-state index is 0.123. The van der Waals surface area contributed by atoms with Crippen molar-refractivity contribution in [2.24, 2.45) is 5.92 Å². The minimum atomic E-state index is -0.542. The summed E-state index contributed by atoms with van der Waals surface area (Å²) in [5.41, 5.74) is 0.123. The van der Waals surface area contributed by atoms with Crippen molar-refractivity contribution in [2.45, 2.75) is 32.7 Å². The Bertz CT molecular complexity index is 464. The van der Waals surface area contributed by atoms with Crippen molar-refractivity contribution in [3.8, 4) is 0 Å². The number of nitrogens with zero attached hydrogens (tertiary/aromatic N) is 2. The number of carbonyl (C=O) groups is 1. The highest BCUT2D eigenvalue weighted by molar-refractivity contribution is 5.94. The van der Waals surface area contributed by atoms with Crippen LogP contribution >= 0.6 is 0 Å². The molecule has 0 saturated carbocycles. The van der Waals surface area contributed by atoms with Crippen LogP contribution in [0.15, 0.2) is 18.5 Å². The minimum Gasteiger partial charge on any atom is -0.338 e. The van der Waals surface area contributed by atoms with Gasteiger partial charge in [0.05, 0.1) is 11.8 Å². The van der Waals surface area contributed by atoms with Crippen LogP contribution in [0, 0.1) is 11.7 Å². The molecular formula is C15H22FN3O. The van der Waals surface area contributed by atoms with Gasteiger partial charge in [-0.2, -0.15) is 0 Å². The molecule has 5 heteroatoms. The summed E-state index contributed by atoms with van der Waals surface area (Å²) in [7, 11) is 0. The smallest absolute Gasteiger partial charge is 0.256 e. The Kier molecular flexibility index (Phi) is 5.06. The van der Waals surface area contributed by atoms with Crippen molar-refractivity contribution >= 4 is 5.91 Å². The van der Waals surface area contributed by atoms with Crippen LogP contribution in [0.1, 0.15) is 37.0 Å². The maximum atomic E-state index is 13.6. The first-order chi connectivity index (χ1) is 9.58. The second kappa shape index (κ2) is 6.79. The Morgan fingerprint density at radius 2 is 2.40 bits per heavy atom. The first-order valence-corrected chi connectivity index (χ1v) is 7.20. The molecule has 2 heterocycles. The van der Waals surface area contributed by atoms with Crippen LogP contribution in [0.3, 0.4) is 0 Å². The molecule has 1 amide bonds. The predicted molar refractivity (Wildman–Crippen MR) is 76.0 cm³/mol. The highest BCUT2D eigenvalue weighted by atomic mass is 19.1. The van der Waals surface area contributed by atoms with Crippen molar-refractivity contribution in [3.05, 3.63) is 29.8 Å². The predicted octanol–water partition coefficient (Wildman–Crippen LogP) is 2.07. The SMILES string of the molecule is CC(C)NCC1CCCN(C(=O)c2ccncc2F)C1. The molecule has 110 valence electrons. The molecule has 1 aromatic heterocycles. The number of halogens is 1. The molecule has 2 rings (SSSR count). The molecule has 1 aliphatic heterocycles. The number of carbonyl (C=O) groups excluding carboxylic acids is 1. The molecule has 4 nitrogen and oxygen atoms in total. The van der Waals surface area contributed by atoms with Gasteiger partial charge in [0.25, 0.3) is 5.91 Å². The standard InChI is InChI=1S/C15H22FN3O/c1-11(2)18-8-12-4-3-7-19(10-12)15(20)13-5-6-17-9-14(13)16/h5-6,9,11-12,18H,3-4,7-8,10H2,1-2H3. The second-order valence-corrected chi connectivity index (χ2v) is 5.68. The lowest BCUT2D eigenvalue weighted by molar-refractivity contribution is 0.0667. The third kappa shape index (κ3) is 3.76. The molecule has 1 fully saturated rings. The fraction of sp³-hybridized carbons (Fsp3) is 0.600. The molecule has 0 aromatic carbocycles. The zero-order valence-corrected chi connectivity index (χ0v) is 12.1. The number of amides is 1. The van der Waals surface area contributed by atoms with E-state index in [1.807, 2.05) is 0 Å². The average molecular weight is 279 g/mol. The van der Waals surface area contributed by atoms with Crippen molar-refractivity contribution in [2.75, 3.05) is 19.6 Å². The van der Waals surface area contributed by atoms with Gasteiger partial charge in [-0.05, 0) is 31.4 Å². The normalized spacial score (nSPS) is 19.4. The Balaban J connectivity index is 1.98. The highest BCUT2D eigenvalue weighted by Crippen LogP contribution is 2.19. The maximum Gasteiger partial charge on any atom is 0.256 e. The first kappa shape index (κ1) is 14.9. The van der Waals surface area contributed by atoms with Crippen molar-refractivity contribution < 1.29 is 9.18 Å². The van der Waals surface area contributed by atoms with Gasteiger partial charge in [0.15, 0.2) is 5.82 Å². The Morgan fingerprint density at radius 3 is 3.10 bits per heavy atom. The van der Waals surface area contributed by atoms with E-state index in [4.69, 9.17) is 0 Å². The number of nitrogens with one attached hydrogen (secondary N) is 1. The van der Waals surface area contributed by atoms with Gasteiger partial charge in [-0.15, -0.1) is 0 Å². The summed E-state index contributed by atoms with van der Waals surface area (Å²) in [4.78, 5) is 17.8. The van der Waals surface area contributed by atoms with Crippen LogP contribution in [0.5, 0.6) is 0 Å². The molecule has 0 aliphatic carbocycles. The lowest BCUT2D eigenvalue weighted by atomic mass is 9.97. The summed E-state index contributed by atoms with van der Waals surface area (Å²) in [6.07, 6.45) is 4.64. The van der Waals surface area contributed by atoms with Crippen molar-refractivity contribution in [1.82, 2.24) is 15.2 Å². The van der Waals surface area contributed by atoms with E-state index in [0.717, 1.165) is 25.6 Å². The van der Waals surface area contributed by atoms with E-state index in [0.29, 0.717) is 25.0 Å². The summed E-state index contributed by atoms with van der Waals surface area (Å²) in [6.45, 7) is 6.52. The van der Waals surface area contributed by atoms with Gasteiger partial charge >= 0.3 is 0 Å². The zero-order valence-electron chi connectivity index (χ0n) is 12.1. The van der Waals surface area contributed by atoms with E-state index in [9.17, 15) is 9.18 Å². The molecule has 0 bridgehead atoms. The van der Waals surface area contributed by atoms with Crippen LogP contribution in [0.4, 0.5) is 4.39 Å². The van der Waals surface area contributed by atoms with Gasteiger partial charge < -0.3 is 10.2 Å². The van der Waals surface area contributed by atoms with Crippen LogP contribution < -0.4 is 5.32 Å². The van der Waals surface area contributed by atoms with Gasteiger partial charge in [-0.25, -0.2) is 4.39 Å². The molecule has 0 radical (unpaired) electrons. The Morgan fingerprint density at radius 1 is 1.60 bits per heavy atom. The van der Waals surface area contributed by atoms with E-state index < -0.39 is 5.82 Å². The summed E-state index contributed by atoms with van der Waals surface area (Å²) in [5, 5.41) is 3.40. The maximum absolute atomic E-state index is 13.6. The van der Waals surface area contributed by atoms with E-state index in [-0.39, 0.29) is 11.5 Å². The summed E-state index contributed by atoms with van der Waals surface area (Å²) in [5.74, 6) is -0.320. The molecule has 1 saturated heterocycles. The summed E-state index contributed by atoms with van der Waals surface area (Å²) < 4.78 is 13.6. The molecule has 1 aliphatic rings. The number of likely N-dealkylation sites (tertiary alicyclic amines) is 1. The topological polar surface area (TPSA) is 45.2 Å². The van der Waals surface area contributed by atoms with Crippen molar-refractivity contribution in [1.29, 1.82) is 0 Å². The largest absolute Gasteiger partial charge is 0.338 e. The molecular weight excluding hydrogens is 257 g/mol. The molecule has 1 N–H and O–H groups in total. The molecule has 20 heavy (non-hydrogen) atoms. The number of rotatable bonds is 4. The summed E-state index contributed by atoms with van der Waals surface area (Å²) >= 11 is 0. The van der Waals surface area contributed by atoms with Crippen LogP contribution in [-0.2, 0) is 0 Å². The van der Waals surface area contributed by atoms with Gasteiger partial charge in [0.2, 0.25) is 0 Å². The lowest BCUT2D eigenvalue weighted by Gasteiger charge is -2.33. The lowest BCUT2D eigenvalue weighted by Crippen LogP contribution is -2.44. The fourth-order valence-electron chi connectivity index (χ4n) is 2.54. The Hall–Kier alpha value is -1.49. The molecule has 1 unspecified atom stereocenters. The monoisotopic (exact) mass is 279 g/mol. The third-order valence-electron chi connectivity index (χ3n) is 3.62.